The zero-order valence-electron chi connectivity index (χ0n) is 11.0. The summed E-state index contributed by atoms with van der Waals surface area (Å²) in [5.74, 6) is 0.789. The van der Waals surface area contributed by atoms with Gasteiger partial charge in [0.2, 0.25) is 0 Å². The first kappa shape index (κ1) is 13.6. The van der Waals surface area contributed by atoms with Crippen molar-refractivity contribution in [2.45, 2.75) is 26.4 Å². The molecule has 1 aromatic heterocycles. The number of carbonyl (C=O) groups excluding carboxylic acids is 1. The van der Waals surface area contributed by atoms with E-state index in [0.717, 1.165) is 4.88 Å². The van der Waals surface area contributed by atoms with E-state index in [2.05, 4.69) is 0 Å². The summed E-state index contributed by atoms with van der Waals surface area (Å²) in [5, 5.41) is 1.94. The van der Waals surface area contributed by atoms with Crippen molar-refractivity contribution < 1.29 is 14.3 Å². The molecule has 0 saturated heterocycles. The third kappa shape index (κ3) is 4.10. The topological polar surface area (TPSA) is 35.5 Å². The van der Waals surface area contributed by atoms with Gasteiger partial charge in [-0.15, -0.1) is 11.3 Å². The molecule has 100 valence electrons. The van der Waals surface area contributed by atoms with Gasteiger partial charge in [0.25, 0.3) is 0 Å². The van der Waals surface area contributed by atoms with Crippen molar-refractivity contribution in [1.29, 1.82) is 0 Å². The maximum Gasteiger partial charge on any atom is 0.316 e. The third-order valence-electron chi connectivity index (χ3n) is 2.33. The van der Waals surface area contributed by atoms with Gasteiger partial charge in [-0.05, 0) is 37.4 Å². The predicted molar refractivity (Wildman–Crippen MR) is 75.9 cm³/mol. The quantitative estimate of drug-likeness (QED) is 0.617. The van der Waals surface area contributed by atoms with E-state index in [-0.39, 0.29) is 18.5 Å². The van der Waals surface area contributed by atoms with E-state index in [9.17, 15) is 4.79 Å². The zero-order chi connectivity index (χ0) is 13.7. The molecule has 0 bridgehead atoms. The van der Waals surface area contributed by atoms with E-state index in [1.807, 2.05) is 43.5 Å². The van der Waals surface area contributed by atoms with E-state index in [0.29, 0.717) is 11.5 Å². The van der Waals surface area contributed by atoms with Crippen molar-refractivity contribution in [1.82, 2.24) is 0 Å². The largest absolute Gasteiger partial charge is 0.487 e. The fourth-order valence-electron chi connectivity index (χ4n) is 1.60. The van der Waals surface area contributed by atoms with Crippen LogP contribution in [0.4, 0.5) is 0 Å². The smallest absolute Gasteiger partial charge is 0.316 e. The van der Waals surface area contributed by atoms with Crippen molar-refractivity contribution in [2.75, 3.05) is 0 Å². The van der Waals surface area contributed by atoms with Gasteiger partial charge in [0.15, 0.2) is 11.5 Å². The first-order chi connectivity index (χ1) is 9.15. The second-order valence-electron chi connectivity index (χ2n) is 4.34. The lowest BCUT2D eigenvalue weighted by atomic mass is 10.3. The molecule has 1 heterocycles. The monoisotopic (exact) mass is 276 g/mol. The molecule has 0 aliphatic rings. The summed E-state index contributed by atoms with van der Waals surface area (Å²) in [5.41, 5.74) is 0. The minimum Gasteiger partial charge on any atom is -0.487 e. The fourth-order valence-corrected chi connectivity index (χ4v) is 2.29. The van der Waals surface area contributed by atoms with Crippen LogP contribution >= 0.6 is 11.3 Å². The van der Waals surface area contributed by atoms with Gasteiger partial charge in [0.1, 0.15) is 0 Å². The molecule has 0 amide bonds. The van der Waals surface area contributed by atoms with Crippen molar-refractivity contribution >= 4 is 17.3 Å². The van der Waals surface area contributed by atoms with Gasteiger partial charge in [0, 0.05) is 4.88 Å². The first-order valence-corrected chi connectivity index (χ1v) is 7.02. The molecule has 19 heavy (non-hydrogen) atoms. The summed E-state index contributed by atoms with van der Waals surface area (Å²) in [6.07, 6.45) is 0.324. The number of esters is 1. The maximum atomic E-state index is 11.8. The Morgan fingerprint density at radius 3 is 2.53 bits per heavy atom. The number of benzene rings is 1. The third-order valence-corrected chi connectivity index (χ3v) is 3.21. The first-order valence-electron chi connectivity index (χ1n) is 6.14. The number of ether oxygens (including phenoxy) is 2. The lowest BCUT2D eigenvalue weighted by Gasteiger charge is -2.13. The number of hydrogen-bond donors (Lipinski definition) is 0. The molecule has 0 fully saturated rings. The van der Waals surface area contributed by atoms with Crippen LogP contribution in [0.1, 0.15) is 18.7 Å². The second-order valence-corrected chi connectivity index (χ2v) is 5.38. The van der Waals surface area contributed by atoms with Crippen LogP contribution in [0.2, 0.25) is 0 Å². The van der Waals surface area contributed by atoms with E-state index in [4.69, 9.17) is 9.47 Å². The molecular weight excluding hydrogens is 260 g/mol. The standard InChI is InChI=1S/C15H16O3S/c1-11(2)17-13-7-3-4-8-14(13)18-15(16)10-12-6-5-9-19-12/h3-9,11H,10H2,1-2H3. The Kier molecular flexibility index (Phi) is 4.58. The van der Waals surface area contributed by atoms with Crippen molar-refractivity contribution in [3.05, 3.63) is 46.7 Å². The van der Waals surface area contributed by atoms with Crippen molar-refractivity contribution in [3.8, 4) is 11.5 Å². The van der Waals surface area contributed by atoms with Crippen LogP contribution in [-0.4, -0.2) is 12.1 Å². The summed E-state index contributed by atoms with van der Waals surface area (Å²) in [6, 6.07) is 11.1. The number of carbonyl (C=O) groups is 1. The highest BCUT2D eigenvalue weighted by atomic mass is 32.1. The van der Waals surface area contributed by atoms with Crippen LogP contribution in [0.5, 0.6) is 11.5 Å². The van der Waals surface area contributed by atoms with Gasteiger partial charge in [-0.3, -0.25) is 4.79 Å². The van der Waals surface area contributed by atoms with E-state index >= 15 is 0 Å². The SMILES string of the molecule is CC(C)Oc1ccccc1OC(=O)Cc1cccs1. The number of thiophene rings is 1. The van der Waals surface area contributed by atoms with Crippen LogP contribution in [0.25, 0.3) is 0 Å². The molecule has 1 aromatic carbocycles. The summed E-state index contributed by atoms with van der Waals surface area (Å²) in [6.45, 7) is 3.87. The second kappa shape index (κ2) is 6.38. The average Bonchev–Trinajstić information content (AvgIpc) is 2.83. The Bertz CT molecular complexity index is 532. The number of rotatable bonds is 5. The van der Waals surface area contributed by atoms with Crippen LogP contribution in [0.3, 0.4) is 0 Å². The Balaban J connectivity index is 2.04. The molecule has 0 radical (unpaired) electrons. The summed E-state index contributed by atoms with van der Waals surface area (Å²) in [7, 11) is 0. The Hall–Kier alpha value is -1.81. The van der Waals surface area contributed by atoms with E-state index < -0.39 is 0 Å². The molecule has 0 spiro atoms. The highest BCUT2D eigenvalue weighted by molar-refractivity contribution is 7.10. The van der Waals surface area contributed by atoms with Gasteiger partial charge in [-0.1, -0.05) is 18.2 Å². The molecule has 0 atom stereocenters. The molecule has 0 unspecified atom stereocenters. The lowest BCUT2D eigenvalue weighted by molar-refractivity contribution is -0.133. The Morgan fingerprint density at radius 1 is 1.16 bits per heavy atom. The Morgan fingerprint density at radius 2 is 1.89 bits per heavy atom. The fraction of sp³-hybridized carbons (Fsp3) is 0.267. The molecule has 0 saturated carbocycles. The predicted octanol–water partition coefficient (Wildman–Crippen LogP) is 3.68. The van der Waals surface area contributed by atoms with Crippen LogP contribution in [0.15, 0.2) is 41.8 Å². The van der Waals surface area contributed by atoms with Crippen molar-refractivity contribution in [2.24, 2.45) is 0 Å². The van der Waals surface area contributed by atoms with E-state index in [1.54, 1.807) is 23.5 Å². The molecule has 2 rings (SSSR count). The number of hydrogen-bond acceptors (Lipinski definition) is 4. The highest BCUT2D eigenvalue weighted by Crippen LogP contribution is 2.27. The van der Waals surface area contributed by atoms with Crippen LogP contribution < -0.4 is 9.47 Å². The van der Waals surface area contributed by atoms with Crippen LogP contribution in [0, 0.1) is 0 Å². The van der Waals surface area contributed by atoms with Crippen LogP contribution in [-0.2, 0) is 11.2 Å². The average molecular weight is 276 g/mol. The summed E-state index contributed by atoms with van der Waals surface area (Å²) >= 11 is 1.54. The lowest BCUT2D eigenvalue weighted by Crippen LogP contribution is -2.13. The van der Waals surface area contributed by atoms with Gasteiger partial charge in [-0.2, -0.15) is 0 Å². The zero-order valence-corrected chi connectivity index (χ0v) is 11.8. The summed E-state index contributed by atoms with van der Waals surface area (Å²) in [4.78, 5) is 12.8. The minimum atomic E-state index is -0.276. The minimum absolute atomic E-state index is 0.0390. The van der Waals surface area contributed by atoms with E-state index in [1.165, 1.54) is 0 Å². The molecule has 3 nitrogen and oxygen atoms in total. The number of para-hydroxylation sites is 2. The molecule has 2 aromatic rings. The van der Waals surface area contributed by atoms with Gasteiger partial charge in [0.05, 0.1) is 12.5 Å². The van der Waals surface area contributed by atoms with Gasteiger partial charge < -0.3 is 9.47 Å². The Labute approximate surface area is 116 Å². The normalized spacial score (nSPS) is 10.5. The molecule has 0 aliphatic carbocycles. The molecule has 0 N–H and O–H groups in total. The molecule has 4 heteroatoms. The van der Waals surface area contributed by atoms with Gasteiger partial charge >= 0.3 is 5.97 Å². The molecular formula is C15H16O3S. The summed E-state index contributed by atoms with van der Waals surface area (Å²) < 4.78 is 11.0. The maximum absolute atomic E-state index is 11.8. The van der Waals surface area contributed by atoms with Crippen molar-refractivity contribution in [3.63, 3.8) is 0 Å². The molecule has 0 aliphatic heterocycles. The highest BCUT2D eigenvalue weighted by Gasteiger charge is 2.12. The van der Waals surface area contributed by atoms with Gasteiger partial charge in [-0.25, -0.2) is 0 Å².